The van der Waals surface area contributed by atoms with E-state index in [-0.39, 0.29) is 17.9 Å². The van der Waals surface area contributed by atoms with E-state index in [4.69, 9.17) is 0 Å². The molecule has 2 aromatic heterocycles. The number of aromatic nitrogens is 4. The van der Waals surface area contributed by atoms with Gasteiger partial charge in [-0.2, -0.15) is 0 Å². The van der Waals surface area contributed by atoms with E-state index in [1.807, 2.05) is 53.1 Å². The fourth-order valence-corrected chi connectivity index (χ4v) is 4.16. The summed E-state index contributed by atoms with van der Waals surface area (Å²) in [5.41, 5.74) is 4.43. The van der Waals surface area contributed by atoms with Gasteiger partial charge in [-0.3, -0.25) is 13.8 Å². The van der Waals surface area contributed by atoms with E-state index in [0.29, 0.717) is 41.8 Å². The maximum Gasteiger partial charge on any atom is 0.269 e. The fourth-order valence-electron chi connectivity index (χ4n) is 4.16. The lowest BCUT2D eigenvalue weighted by Crippen LogP contribution is -2.23. The van der Waals surface area contributed by atoms with Crippen LogP contribution in [0.25, 0.3) is 33.2 Å². The van der Waals surface area contributed by atoms with Crippen molar-refractivity contribution in [3.8, 4) is 11.1 Å². The third-order valence-electron chi connectivity index (χ3n) is 5.81. The van der Waals surface area contributed by atoms with Gasteiger partial charge in [0.25, 0.3) is 5.56 Å². The molecule has 0 atom stereocenters. The molecule has 5 nitrogen and oxygen atoms in total. The van der Waals surface area contributed by atoms with E-state index in [2.05, 4.69) is 9.97 Å². The topological polar surface area (TPSA) is 52.7 Å². The van der Waals surface area contributed by atoms with Gasteiger partial charge in [-0.25, -0.2) is 14.4 Å². The van der Waals surface area contributed by atoms with E-state index >= 15 is 0 Å². The molecule has 0 N–H and O–H groups in total. The van der Waals surface area contributed by atoms with Crippen molar-refractivity contribution in [3.63, 3.8) is 0 Å². The van der Waals surface area contributed by atoms with Crippen molar-refractivity contribution >= 4 is 22.1 Å². The molecule has 7 heteroatoms. The van der Waals surface area contributed by atoms with Crippen LogP contribution in [0.15, 0.2) is 77.7 Å². The minimum absolute atomic E-state index is 0.196. The van der Waals surface area contributed by atoms with E-state index in [1.54, 1.807) is 10.6 Å². The van der Waals surface area contributed by atoms with E-state index in [0.717, 1.165) is 16.6 Å². The lowest BCUT2D eigenvalue weighted by atomic mass is 10.1. The van der Waals surface area contributed by atoms with Crippen LogP contribution in [-0.4, -0.2) is 25.8 Å². The van der Waals surface area contributed by atoms with Crippen molar-refractivity contribution in [1.29, 1.82) is 0 Å². The van der Waals surface area contributed by atoms with Gasteiger partial charge in [-0.1, -0.05) is 36.4 Å². The normalized spacial score (nSPS) is 11.5. The van der Waals surface area contributed by atoms with E-state index < -0.39 is 6.67 Å². The molecule has 0 aliphatic heterocycles. The van der Waals surface area contributed by atoms with Crippen LogP contribution in [0.1, 0.15) is 18.7 Å². The van der Waals surface area contributed by atoms with Crippen molar-refractivity contribution in [3.05, 3.63) is 94.9 Å². The molecule has 0 amide bonds. The smallest absolute Gasteiger partial charge is 0.269 e. The Hall–Kier alpha value is -3.87. The number of rotatable bonds is 7. The highest BCUT2D eigenvalue weighted by molar-refractivity contribution is 5.82. The van der Waals surface area contributed by atoms with E-state index in [9.17, 15) is 13.6 Å². The number of halogens is 2. The molecular formula is C26H22F2N4O. The summed E-state index contributed by atoms with van der Waals surface area (Å²) < 4.78 is 30.1. The molecule has 0 aliphatic rings. The Morgan fingerprint density at radius 2 is 1.67 bits per heavy atom. The van der Waals surface area contributed by atoms with Crippen molar-refractivity contribution in [2.45, 2.75) is 25.9 Å². The van der Waals surface area contributed by atoms with Gasteiger partial charge in [0.1, 0.15) is 11.6 Å². The minimum Gasteiger partial charge on any atom is -0.326 e. The number of hydrogen-bond donors (Lipinski definition) is 0. The highest BCUT2D eigenvalue weighted by atomic mass is 19.1. The zero-order valence-corrected chi connectivity index (χ0v) is 17.9. The monoisotopic (exact) mass is 444 g/mol. The average Bonchev–Trinajstić information content (AvgIpc) is 3.17. The Bertz CT molecular complexity index is 1490. The van der Waals surface area contributed by atoms with Gasteiger partial charge < -0.3 is 4.57 Å². The fraction of sp³-hybridized carbons (Fsp3) is 0.192. The largest absolute Gasteiger partial charge is 0.326 e. The van der Waals surface area contributed by atoms with Crippen LogP contribution in [0.4, 0.5) is 8.78 Å². The molecule has 0 radical (unpaired) electrons. The van der Waals surface area contributed by atoms with Crippen LogP contribution < -0.4 is 5.56 Å². The van der Waals surface area contributed by atoms with Gasteiger partial charge in [0.05, 0.1) is 41.5 Å². The predicted molar refractivity (Wildman–Crippen MR) is 125 cm³/mol. The summed E-state index contributed by atoms with van der Waals surface area (Å²) in [4.78, 5) is 21.8. The predicted octanol–water partition coefficient (Wildman–Crippen LogP) is 5.35. The summed E-state index contributed by atoms with van der Waals surface area (Å²) in [6.07, 6.45) is 2.36. The molecule has 5 aromatic rings. The van der Waals surface area contributed by atoms with E-state index in [1.165, 1.54) is 18.3 Å². The molecule has 0 spiro atoms. The first-order valence-electron chi connectivity index (χ1n) is 10.9. The van der Waals surface area contributed by atoms with Crippen LogP contribution in [0.5, 0.6) is 0 Å². The standard InChI is InChI=1S/C26H22F2N4O/c27-12-4-5-13-31-23-11-9-20(28)15-22(23)30-25(31)17-32-24-14-19(18-6-2-1-3-7-18)8-10-21(24)29-16-26(32)33/h1-3,6-11,14-16H,4-5,12-13,17H2. The summed E-state index contributed by atoms with van der Waals surface area (Å²) in [6, 6.07) is 20.2. The molecule has 0 bridgehead atoms. The van der Waals surface area contributed by atoms with Crippen LogP contribution in [-0.2, 0) is 13.1 Å². The van der Waals surface area contributed by atoms with Crippen molar-refractivity contribution in [1.82, 2.24) is 19.1 Å². The molecule has 2 heterocycles. The zero-order chi connectivity index (χ0) is 22.8. The van der Waals surface area contributed by atoms with Crippen molar-refractivity contribution < 1.29 is 8.78 Å². The first-order valence-corrected chi connectivity index (χ1v) is 10.9. The quantitative estimate of drug-likeness (QED) is 0.318. The van der Waals surface area contributed by atoms with Gasteiger partial charge in [-0.05, 0) is 48.2 Å². The second kappa shape index (κ2) is 8.94. The molecule has 0 fully saturated rings. The first kappa shape index (κ1) is 21.0. The molecule has 0 saturated carbocycles. The molecule has 166 valence electrons. The number of fused-ring (bicyclic) bond motifs is 2. The van der Waals surface area contributed by atoms with Crippen molar-refractivity contribution in [2.24, 2.45) is 0 Å². The highest BCUT2D eigenvalue weighted by Crippen LogP contribution is 2.24. The molecule has 5 rings (SSSR count). The lowest BCUT2D eigenvalue weighted by Gasteiger charge is -2.13. The number of benzene rings is 3. The molecule has 3 aromatic carbocycles. The maximum absolute atomic E-state index is 13.8. The van der Waals surface area contributed by atoms with Crippen molar-refractivity contribution in [2.75, 3.05) is 6.67 Å². The number of nitrogens with zero attached hydrogens (tertiary/aromatic N) is 4. The summed E-state index contributed by atoms with van der Waals surface area (Å²) in [5.74, 6) is 0.246. The maximum atomic E-state index is 13.8. The second-order valence-electron chi connectivity index (χ2n) is 7.96. The third kappa shape index (κ3) is 4.14. The summed E-state index contributed by atoms with van der Waals surface area (Å²) >= 11 is 0. The minimum atomic E-state index is -0.396. The number of imidazole rings is 1. The van der Waals surface area contributed by atoms with Gasteiger partial charge >= 0.3 is 0 Å². The summed E-state index contributed by atoms with van der Waals surface area (Å²) in [6.45, 7) is 0.337. The Balaban J connectivity index is 1.63. The molecule has 0 unspecified atom stereocenters. The van der Waals surface area contributed by atoms with Crippen LogP contribution in [0, 0.1) is 5.82 Å². The first-order chi connectivity index (χ1) is 16.1. The van der Waals surface area contributed by atoms with Crippen LogP contribution >= 0.6 is 0 Å². The third-order valence-corrected chi connectivity index (χ3v) is 5.81. The average molecular weight is 444 g/mol. The summed E-state index contributed by atoms with van der Waals surface area (Å²) in [7, 11) is 0. The Morgan fingerprint density at radius 3 is 2.48 bits per heavy atom. The molecular weight excluding hydrogens is 422 g/mol. The van der Waals surface area contributed by atoms with Gasteiger partial charge in [0, 0.05) is 12.6 Å². The number of alkyl halides is 1. The van der Waals surface area contributed by atoms with Gasteiger partial charge in [0.15, 0.2) is 0 Å². The number of aryl methyl sites for hydroxylation is 1. The van der Waals surface area contributed by atoms with Gasteiger partial charge in [-0.15, -0.1) is 0 Å². The molecule has 0 aliphatic carbocycles. The Labute approximate surface area is 189 Å². The number of unbranched alkanes of at least 4 members (excludes halogenated alkanes) is 1. The van der Waals surface area contributed by atoms with Crippen LogP contribution in [0.2, 0.25) is 0 Å². The number of hydrogen-bond acceptors (Lipinski definition) is 3. The zero-order valence-electron chi connectivity index (χ0n) is 17.9. The Morgan fingerprint density at radius 1 is 0.818 bits per heavy atom. The highest BCUT2D eigenvalue weighted by Gasteiger charge is 2.15. The van der Waals surface area contributed by atoms with Gasteiger partial charge in [0.2, 0.25) is 0 Å². The molecule has 0 saturated heterocycles. The second-order valence-corrected chi connectivity index (χ2v) is 7.96. The SMILES string of the molecule is O=c1cnc2ccc(-c3ccccc3)cc2n1Cc1nc2cc(F)ccc2n1CCCCF. The van der Waals surface area contributed by atoms with Crippen LogP contribution in [0.3, 0.4) is 0 Å². The lowest BCUT2D eigenvalue weighted by molar-refractivity contribution is 0.446. The molecule has 33 heavy (non-hydrogen) atoms. The Kier molecular flexibility index (Phi) is 5.69. The summed E-state index contributed by atoms with van der Waals surface area (Å²) in [5, 5.41) is 0.